The molecule has 3 rings (SSSR count). The summed E-state index contributed by atoms with van der Waals surface area (Å²) in [5.74, 6) is 0. The van der Waals surface area contributed by atoms with Crippen LogP contribution in [0, 0.1) is 17.0 Å². The monoisotopic (exact) mass is 378 g/mol. The molecule has 2 aromatic rings. The molecule has 0 amide bonds. The number of nitro groups is 1. The van der Waals surface area contributed by atoms with Crippen molar-refractivity contribution in [3.05, 3.63) is 69.8 Å². The van der Waals surface area contributed by atoms with Gasteiger partial charge in [0.05, 0.1) is 22.5 Å². The zero-order chi connectivity index (χ0) is 18.9. The lowest BCUT2D eigenvalue weighted by Gasteiger charge is -2.20. The van der Waals surface area contributed by atoms with E-state index < -0.39 is 33.7 Å². The number of rotatable bonds is 5. The number of hydrogen-bond donors (Lipinski definition) is 1. The Morgan fingerprint density at radius 3 is 2.35 bits per heavy atom. The van der Waals surface area contributed by atoms with Gasteiger partial charge in [0, 0.05) is 18.6 Å². The molecule has 0 aromatic heterocycles. The molecule has 26 heavy (non-hydrogen) atoms. The van der Waals surface area contributed by atoms with Crippen LogP contribution in [0.4, 0.5) is 5.69 Å². The van der Waals surface area contributed by atoms with Crippen molar-refractivity contribution in [2.45, 2.75) is 30.4 Å². The van der Waals surface area contributed by atoms with Gasteiger partial charge in [0.15, 0.2) is 0 Å². The molecule has 0 radical (unpaired) electrons. The van der Waals surface area contributed by atoms with Crippen LogP contribution in [0.1, 0.15) is 23.7 Å². The molecule has 1 heterocycles. The Bertz CT molecular complexity index is 896. The first-order valence-electron chi connectivity index (χ1n) is 7.96. The van der Waals surface area contributed by atoms with Crippen molar-refractivity contribution in [2.75, 3.05) is 6.61 Å². The third kappa shape index (κ3) is 3.47. The van der Waals surface area contributed by atoms with Crippen molar-refractivity contribution in [1.29, 1.82) is 0 Å². The molecule has 0 bridgehead atoms. The summed E-state index contributed by atoms with van der Waals surface area (Å²) in [6.45, 7) is 1.55. The normalized spacial score (nSPS) is 21.0. The van der Waals surface area contributed by atoms with Crippen molar-refractivity contribution < 1.29 is 23.3 Å². The van der Waals surface area contributed by atoms with Gasteiger partial charge in [-0.1, -0.05) is 34.3 Å². The summed E-state index contributed by atoms with van der Waals surface area (Å²) in [4.78, 5) is 15.6. The summed E-state index contributed by atoms with van der Waals surface area (Å²) < 4.78 is 26.5. The zero-order valence-corrected chi connectivity index (χ0v) is 14.8. The summed E-state index contributed by atoms with van der Waals surface area (Å²) >= 11 is 0. The van der Waals surface area contributed by atoms with Gasteiger partial charge in [0.1, 0.15) is 6.10 Å². The maximum absolute atomic E-state index is 12.8. The van der Waals surface area contributed by atoms with E-state index in [0.717, 1.165) is 39.9 Å². The summed E-state index contributed by atoms with van der Waals surface area (Å²) in [5, 5.41) is 20.3. The van der Waals surface area contributed by atoms with Gasteiger partial charge >= 0.3 is 0 Å². The fourth-order valence-electron chi connectivity index (χ4n) is 2.80. The lowest BCUT2D eigenvalue weighted by Crippen LogP contribution is -2.36. The molecule has 0 saturated carbocycles. The van der Waals surface area contributed by atoms with Crippen LogP contribution in [-0.2, 0) is 14.9 Å². The maximum atomic E-state index is 12.8. The van der Waals surface area contributed by atoms with E-state index in [9.17, 15) is 23.6 Å². The van der Waals surface area contributed by atoms with Crippen molar-refractivity contribution in [3.8, 4) is 0 Å². The van der Waals surface area contributed by atoms with E-state index in [-0.39, 0.29) is 10.6 Å². The minimum atomic E-state index is -4.06. The number of non-ortho nitro benzene ring substituents is 1. The number of aliphatic hydroxyl groups excluding tert-OH is 1. The number of hydroxylamine groups is 1. The third-order valence-corrected chi connectivity index (χ3v) is 5.98. The first-order chi connectivity index (χ1) is 12.3. The predicted octanol–water partition coefficient (Wildman–Crippen LogP) is 2.33. The molecule has 9 heteroatoms. The van der Waals surface area contributed by atoms with Crippen LogP contribution in [0.3, 0.4) is 0 Å². The fraction of sp³-hybridized carbons (Fsp3) is 0.294. The molecule has 2 aromatic carbocycles. The van der Waals surface area contributed by atoms with E-state index >= 15 is 0 Å². The van der Waals surface area contributed by atoms with Crippen LogP contribution in [0.15, 0.2) is 53.4 Å². The average Bonchev–Trinajstić information content (AvgIpc) is 3.07. The Hall–Kier alpha value is -2.33. The lowest BCUT2D eigenvalue weighted by atomic mass is 10.0. The van der Waals surface area contributed by atoms with Crippen LogP contribution >= 0.6 is 0 Å². The summed E-state index contributed by atoms with van der Waals surface area (Å²) in [5.41, 5.74) is 1.68. The minimum Gasteiger partial charge on any atom is -0.395 e. The molecule has 1 fully saturated rings. The van der Waals surface area contributed by atoms with Crippen molar-refractivity contribution >= 4 is 15.7 Å². The van der Waals surface area contributed by atoms with Crippen LogP contribution in [0.5, 0.6) is 0 Å². The van der Waals surface area contributed by atoms with Crippen LogP contribution in [-0.4, -0.2) is 35.6 Å². The van der Waals surface area contributed by atoms with E-state index in [1.165, 1.54) is 0 Å². The largest absolute Gasteiger partial charge is 0.395 e. The Kier molecular flexibility index (Phi) is 5.05. The molecule has 8 nitrogen and oxygen atoms in total. The van der Waals surface area contributed by atoms with E-state index in [1.54, 1.807) is 0 Å². The smallest absolute Gasteiger partial charge is 0.269 e. The summed E-state index contributed by atoms with van der Waals surface area (Å²) in [6.07, 6.45) is -0.188. The molecule has 1 saturated heterocycles. The molecule has 0 unspecified atom stereocenters. The second-order valence-corrected chi connectivity index (χ2v) is 7.87. The van der Waals surface area contributed by atoms with Gasteiger partial charge in [-0.15, -0.1) is 0 Å². The average molecular weight is 378 g/mol. The second-order valence-electron chi connectivity index (χ2n) is 6.09. The van der Waals surface area contributed by atoms with Crippen molar-refractivity contribution in [1.82, 2.24) is 4.47 Å². The van der Waals surface area contributed by atoms with Gasteiger partial charge in [0.2, 0.25) is 0 Å². The van der Waals surface area contributed by atoms with Crippen molar-refractivity contribution in [3.63, 3.8) is 0 Å². The Morgan fingerprint density at radius 1 is 1.19 bits per heavy atom. The quantitative estimate of drug-likeness (QED) is 0.632. The molecule has 1 aliphatic rings. The van der Waals surface area contributed by atoms with Gasteiger partial charge < -0.3 is 5.11 Å². The van der Waals surface area contributed by atoms with Gasteiger partial charge in [-0.3, -0.25) is 15.0 Å². The zero-order valence-electron chi connectivity index (χ0n) is 14.0. The van der Waals surface area contributed by atoms with E-state index in [2.05, 4.69) is 0 Å². The molecule has 1 aliphatic heterocycles. The first kappa shape index (κ1) is 18.5. The van der Waals surface area contributed by atoms with Gasteiger partial charge in [0.25, 0.3) is 15.7 Å². The number of nitro benzene ring substituents is 1. The summed E-state index contributed by atoms with van der Waals surface area (Å²) in [6, 6.07) is 11.3. The molecule has 0 spiro atoms. The van der Waals surface area contributed by atoms with Gasteiger partial charge in [-0.05, 0) is 24.6 Å². The highest BCUT2D eigenvalue weighted by Crippen LogP contribution is 2.37. The topological polar surface area (TPSA) is 110 Å². The number of aryl methyl sites for hydroxylation is 1. The highest BCUT2D eigenvalue weighted by atomic mass is 32.2. The van der Waals surface area contributed by atoms with Crippen LogP contribution in [0.2, 0.25) is 0 Å². The van der Waals surface area contributed by atoms with E-state index in [1.807, 2.05) is 31.2 Å². The van der Waals surface area contributed by atoms with E-state index in [0.29, 0.717) is 6.42 Å². The predicted molar refractivity (Wildman–Crippen MR) is 92.6 cm³/mol. The molecular weight excluding hydrogens is 360 g/mol. The Labute approximate surface area is 150 Å². The Morgan fingerprint density at radius 2 is 1.81 bits per heavy atom. The standard InChI is InChI=1S/C17H18N2O6S/c1-12-2-4-13(5-3-12)17-10-15(11-20)19(25-17)26(23,24)16-8-6-14(7-9-16)18(21)22/h2-9,15,17,20H,10-11H2,1H3/t15-,17+/m1/s1. The fourth-order valence-corrected chi connectivity index (χ4v) is 4.25. The van der Waals surface area contributed by atoms with Gasteiger partial charge in [-0.25, -0.2) is 8.42 Å². The highest BCUT2D eigenvalue weighted by Gasteiger charge is 2.42. The van der Waals surface area contributed by atoms with E-state index in [4.69, 9.17) is 4.84 Å². The number of nitrogens with zero attached hydrogens (tertiary/aromatic N) is 2. The lowest BCUT2D eigenvalue weighted by molar-refractivity contribution is -0.384. The molecule has 138 valence electrons. The third-order valence-electron chi connectivity index (χ3n) is 4.26. The van der Waals surface area contributed by atoms with Gasteiger partial charge in [-0.2, -0.15) is 0 Å². The Balaban J connectivity index is 1.88. The van der Waals surface area contributed by atoms with Crippen molar-refractivity contribution in [2.24, 2.45) is 0 Å². The minimum absolute atomic E-state index is 0.133. The highest BCUT2D eigenvalue weighted by molar-refractivity contribution is 7.89. The number of sulfonamides is 1. The number of benzene rings is 2. The number of hydrogen-bond acceptors (Lipinski definition) is 6. The van der Waals surface area contributed by atoms with Crippen LogP contribution in [0.25, 0.3) is 0 Å². The molecule has 1 N–H and O–H groups in total. The first-order valence-corrected chi connectivity index (χ1v) is 9.40. The number of aliphatic hydroxyl groups is 1. The van der Waals surface area contributed by atoms with Crippen LogP contribution < -0.4 is 0 Å². The summed E-state index contributed by atoms with van der Waals surface area (Å²) in [7, 11) is -4.06. The molecule has 0 aliphatic carbocycles. The SMILES string of the molecule is Cc1ccc([C@@H]2C[C@H](CO)N(S(=O)(=O)c3ccc([N+](=O)[O-])cc3)O2)cc1. The maximum Gasteiger partial charge on any atom is 0.269 e. The molecule has 2 atom stereocenters. The molecular formula is C17H18N2O6S. The second kappa shape index (κ2) is 7.12.